The molecule has 0 aliphatic rings. The number of nitrogen functional groups attached to an aromatic ring is 1. The van der Waals surface area contributed by atoms with Gasteiger partial charge in [0.05, 0.1) is 5.56 Å². The van der Waals surface area contributed by atoms with E-state index in [-0.39, 0.29) is 5.91 Å². The highest BCUT2D eigenvalue weighted by atomic mass is 32.2. The van der Waals surface area contributed by atoms with E-state index in [9.17, 15) is 9.00 Å². The molecule has 0 aliphatic heterocycles. The number of carbonyl (C=O) groups excluding carboxylic acids is 1. The zero-order valence-electron chi connectivity index (χ0n) is 11.4. The van der Waals surface area contributed by atoms with Crippen molar-refractivity contribution < 1.29 is 9.00 Å². The molecule has 106 valence electrons. The van der Waals surface area contributed by atoms with Gasteiger partial charge in [0.15, 0.2) is 0 Å². The fourth-order valence-corrected chi connectivity index (χ4v) is 2.22. The van der Waals surface area contributed by atoms with Crippen LogP contribution in [0.1, 0.15) is 24.2 Å². The number of amides is 1. The van der Waals surface area contributed by atoms with E-state index < -0.39 is 10.8 Å². The number of benzene rings is 1. The number of rotatable bonds is 7. The highest BCUT2D eigenvalue weighted by Gasteiger charge is 2.10. The van der Waals surface area contributed by atoms with Crippen molar-refractivity contribution in [2.24, 2.45) is 0 Å². The topological polar surface area (TPSA) is 84.2 Å². The van der Waals surface area contributed by atoms with Gasteiger partial charge in [-0.05, 0) is 25.1 Å². The predicted octanol–water partition coefficient (Wildman–Crippen LogP) is 1.20. The third kappa shape index (κ3) is 4.90. The van der Waals surface area contributed by atoms with Gasteiger partial charge in [-0.25, -0.2) is 0 Å². The first-order valence-corrected chi connectivity index (χ1v) is 7.83. The van der Waals surface area contributed by atoms with Crippen LogP contribution in [0.3, 0.4) is 0 Å². The Labute approximate surface area is 116 Å². The van der Waals surface area contributed by atoms with E-state index in [0.717, 1.165) is 0 Å². The molecule has 5 nitrogen and oxygen atoms in total. The third-order valence-electron chi connectivity index (χ3n) is 2.59. The van der Waals surface area contributed by atoms with Gasteiger partial charge in [0.1, 0.15) is 0 Å². The molecule has 19 heavy (non-hydrogen) atoms. The van der Waals surface area contributed by atoms with Crippen molar-refractivity contribution >= 4 is 28.1 Å². The lowest BCUT2D eigenvalue weighted by Crippen LogP contribution is -2.24. The third-order valence-corrected chi connectivity index (χ3v) is 3.90. The van der Waals surface area contributed by atoms with Crippen LogP contribution in [0, 0.1) is 0 Å². The zero-order chi connectivity index (χ0) is 14.3. The molecule has 0 fully saturated rings. The molecule has 0 bridgehead atoms. The minimum absolute atomic E-state index is 0.137. The van der Waals surface area contributed by atoms with Gasteiger partial charge >= 0.3 is 0 Å². The maximum Gasteiger partial charge on any atom is 0.253 e. The van der Waals surface area contributed by atoms with Crippen LogP contribution in [0.4, 0.5) is 11.4 Å². The van der Waals surface area contributed by atoms with Crippen LogP contribution in [0.5, 0.6) is 0 Å². The monoisotopic (exact) mass is 283 g/mol. The summed E-state index contributed by atoms with van der Waals surface area (Å²) in [5, 5.41) is 5.88. The van der Waals surface area contributed by atoms with Crippen LogP contribution in [0.15, 0.2) is 18.2 Å². The summed E-state index contributed by atoms with van der Waals surface area (Å²) in [6, 6.07) is 5.11. The van der Waals surface area contributed by atoms with E-state index >= 15 is 0 Å². The lowest BCUT2D eigenvalue weighted by molar-refractivity contribution is 0.0956. The Hall–Kier alpha value is -1.56. The SMILES string of the molecule is CCNC(=O)c1ccc(N)cc1NCCS(=O)CC. The molecule has 0 saturated heterocycles. The molecule has 6 heteroatoms. The van der Waals surface area contributed by atoms with Crippen molar-refractivity contribution in [3.8, 4) is 0 Å². The van der Waals surface area contributed by atoms with Crippen LogP contribution in [0.2, 0.25) is 0 Å². The number of carbonyl (C=O) groups is 1. The Morgan fingerprint density at radius 1 is 1.37 bits per heavy atom. The van der Waals surface area contributed by atoms with Gasteiger partial charge in [-0.2, -0.15) is 0 Å². The maximum atomic E-state index is 11.9. The minimum Gasteiger partial charge on any atom is -0.399 e. The Kier molecular flexibility index (Phi) is 6.35. The fraction of sp³-hybridized carbons (Fsp3) is 0.462. The Balaban J connectivity index is 2.76. The quantitative estimate of drug-likeness (QED) is 0.657. The highest BCUT2D eigenvalue weighted by Crippen LogP contribution is 2.19. The van der Waals surface area contributed by atoms with E-state index in [1.807, 2.05) is 13.8 Å². The van der Waals surface area contributed by atoms with Crippen LogP contribution >= 0.6 is 0 Å². The van der Waals surface area contributed by atoms with Crippen molar-refractivity contribution in [3.05, 3.63) is 23.8 Å². The molecule has 0 saturated carbocycles. The number of anilines is 2. The predicted molar refractivity (Wildman–Crippen MR) is 80.9 cm³/mol. The molecule has 1 atom stereocenters. The minimum atomic E-state index is -0.821. The summed E-state index contributed by atoms with van der Waals surface area (Å²) in [7, 11) is -0.821. The van der Waals surface area contributed by atoms with Gasteiger partial charge in [-0.3, -0.25) is 9.00 Å². The standard InChI is InChI=1S/C13H21N3O2S/c1-3-15-13(17)11-6-5-10(14)9-12(11)16-7-8-19(18)4-2/h5-6,9,16H,3-4,7-8,14H2,1-2H3,(H,15,17). The van der Waals surface area contributed by atoms with Crippen LogP contribution in [-0.4, -0.2) is 34.7 Å². The van der Waals surface area contributed by atoms with Crippen LogP contribution in [-0.2, 0) is 10.8 Å². The lowest BCUT2D eigenvalue weighted by atomic mass is 10.1. The summed E-state index contributed by atoms with van der Waals surface area (Å²) in [6.07, 6.45) is 0. The molecule has 1 aromatic rings. The molecular weight excluding hydrogens is 262 g/mol. The summed E-state index contributed by atoms with van der Waals surface area (Å²) in [5.41, 5.74) is 7.55. The van der Waals surface area contributed by atoms with Gasteiger partial charge in [-0.15, -0.1) is 0 Å². The maximum absolute atomic E-state index is 11.9. The van der Waals surface area contributed by atoms with Gasteiger partial charge in [0.25, 0.3) is 5.91 Å². The number of nitrogens with one attached hydrogen (secondary N) is 2. The number of nitrogens with two attached hydrogens (primary N) is 1. The first-order valence-electron chi connectivity index (χ1n) is 6.35. The molecule has 0 heterocycles. The summed E-state index contributed by atoms with van der Waals surface area (Å²) in [5.74, 6) is 1.06. The average Bonchev–Trinajstić information content (AvgIpc) is 2.38. The van der Waals surface area contributed by atoms with Crippen LogP contribution < -0.4 is 16.4 Å². The van der Waals surface area contributed by atoms with E-state index in [1.54, 1.807) is 18.2 Å². The number of hydrogen-bond acceptors (Lipinski definition) is 4. The van der Waals surface area contributed by atoms with Gasteiger partial charge in [-0.1, -0.05) is 6.92 Å². The van der Waals surface area contributed by atoms with E-state index in [2.05, 4.69) is 10.6 Å². The summed E-state index contributed by atoms with van der Waals surface area (Å²) >= 11 is 0. The van der Waals surface area contributed by atoms with E-state index in [0.29, 0.717) is 41.5 Å². The van der Waals surface area contributed by atoms with Crippen molar-refractivity contribution in [1.82, 2.24) is 5.32 Å². The Morgan fingerprint density at radius 2 is 2.11 bits per heavy atom. The molecule has 0 radical (unpaired) electrons. The number of hydrogen-bond donors (Lipinski definition) is 3. The first-order chi connectivity index (χ1) is 9.08. The molecule has 1 amide bonds. The molecule has 0 aromatic heterocycles. The van der Waals surface area contributed by atoms with Gasteiger partial charge in [0, 0.05) is 46.8 Å². The highest BCUT2D eigenvalue weighted by molar-refractivity contribution is 7.84. The largest absolute Gasteiger partial charge is 0.399 e. The molecule has 0 aliphatic carbocycles. The first kappa shape index (κ1) is 15.5. The fourth-order valence-electron chi connectivity index (χ4n) is 1.61. The van der Waals surface area contributed by atoms with Crippen molar-refractivity contribution in [1.29, 1.82) is 0 Å². The lowest BCUT2D eigenvalue weighted by Gasteiger charge is -2.12. The smallest absolute Gasteiger partial charge is 0.253 e. The van der Waals surface area contributed by atoms with Crippen molar-refractivity contribution in [3.63, 3.8) is 0 Å². The van der Waals surface area contributed by atoms with Gasteiger partial charge < -0.3 is 16.4 Å². The second kappa shape index (κ2) is 7.78. The van der Waals surface area contributed by atoms with Crippen molar-refractivity contribution in [2.75, 3.05) is 35.6 Å². The molecule has 1 unspecified atom stereocenters. The molecule has 1 rings (SSSR count). The summed E-state index contributed by atoms with van der Waals surface area (Å²) in [4.78, 5) is 11.9. The Bertz CT molecular complexity index is 463. The molecule has 1 aromatic carbocycles. The second-order valence-corrected chi connectivity index (χ2v) is 5.89. The molecule has 4 N–H and O–H groups in total. The molecular formula is C13H21N3O2S. The summed E-state index contributed by atoms with van der Waals surface area (Å²) in [6.45, 7) is 4.88. The van der Waals surface area contributed by atoms with Crippen molar-refractivity contribution in [2.45, 2.75) is 13.8 Å². The zero-order valence-corrected chi connectivity index (χ0v) is 12.2. The summed E-state index contributed by atoms with van der Waals surface area (Å²) < 4.78 is 11.4. The van der Waals surface area contributed by atoms with Crippen LogP contribution in [0.25, 0.3) is 0 Å². The van der Waals surface area contributed by atoms with E-state index in [4.69, 9.17) is 5.73 Å². The van der Waals surface area contributed by atoms with E-state index in [1.165, 1.54) is 0 Å². The second-order valence-electron chi connectivity index (χ2n) is 4.02. The Morgan fingerprint density at radius 3 is 2.74 bits per heavy atom. The normalized spacial score (nSPS) is 11.9. The molecule has 0 spiro atoms. The average molecular weight is 283 g/mol. The van der Waals surface area contributed by atoms with Gasteiger partial charge in [0.2, 0.25) is 0 Å².